The predicted molar refractivity (Wildman–Crippen MR) is 81.3 cm³/mol. The molecule has 0 radical (unpaired) electrons. The fourth-order valence-electron chi connectivity index (χ4n) is 2.50. The maximum atomic E-state index is 12.1. The van der Waals surface area contributed by atoms with Crippen LogP contribution in [0, 0.1) is 6.92 Å². The quantitative estimate of drug-likeness (QED) is 0.581. The van der Waals surface area contributed by atoms with Crippen molar-refractivity contribution in [1.82, 2.24) is 19.6 Å². The zero-order valence-corrected chi connectivity index (χ0v) is 11.4. The normalized spacial score (nSPS) is 11.3. The van der Waals surface area contributed by atoms with Crippen LogP contribution >= 0.6 is 0 Å². The first-order valence-electron chi connectivity index (χ1n) is 6.67. The summed E-state index contributed by atoms with van der Waals surface area (Å²) in [5.74, 6) is 0.673. The average Bonchev–Trinajstić information content (AvgIpc) is 2.94. The summed E-state index contributed by atoms with van der Waals surface area (Å²) in [5.41, 5.74) is 3.83. The van der Waals surface area contributed by atoms with E-state index in [1.54, 1.807) is 4.40 Å². The number of H-pyrrole nitrogens is 1. The van der Waals surface area contributed by atoms with E-state index in [4.69, 9.17) is 0 Å². The molecule has 0 spiro atoms. The molecule has 0 amide bonds. The molecule has 0 unspecified atom stereocenters. The molecule has 0 aliphatic heterocycles. The molecule has 2 aromatic heterocycles. The highest BCUT2D eigenvalue weighted by Gasteiger charge is 2.13. The van der Waals surface area contributed by atoms with Crippen molar-refractivity contribution < 1.29 is 0 Å². The van der Waals surface area contributed by atoms with Gasteiger partial charge in [-0.2, -0.15) is 0 Å². The molecule has 2 aromatic carbocycles. The standard InChI is InChI=1S/C16H12N4O/c1-10-6-8-11(9-7-10)14-18-19-15-16(21)17-12-4-2-3-5-13(12)20(14)15/h2-9H,1H3,(H,17,21). The van der Waals surface area contributed by atoms with Gasteiger partial charge in [-0.25, -0.2) is 0 Å². The van der Waals surface area contributed by atoms with Gasteiger partial charge in [0.1, 0.15) is 0 Å². The number of para-hydroxylation sites is 2. The van der Waals surface area contributed by atoms with Crippen molar-refractivity contribution in [2.24, 2.45) is 0 Å². The zero-order chi connectivity index (χ0) is 14.4. The molecule has 0 saturated heterocycles. The van der Waals surface area contributed by atoms with Gasteiger partial charge in [-0.1, -0.05) is 42.0 Å². The minimum Gasteiger partial charge on any atom is -0.317 e. The number of rotatable bonds is 1. The lowest BCUT2D eigenvalue weighted by molar-refractivity contribution is 1.11. The predicted octanol–water partition coefficient (Wildman–Crippen LogP) is 2.55. The third kappa shape index (κ3) is 1.74. The lowest BCUT2D eigenvalue weighted by Crippen LogP contribution is -2.11. The molecule has 0 aliphatic carbocycles. The Morgan fingerprint density at radius 3 is 2.57 bits per heavy atom. The number of aryl methyl sites for hydroxylation is 1. The lowest BCUT2D eigenvalue weighted by Gasteiger charge is -2.04. The van der Waals surface area contributed by atoms with Gasteiger partial charge < -0.3 is 4.98 Å². The van der Waals surface area contributed by atoms with Crippen LogP contribution in [0.2, 0.25) is 0 Å². The molecule has 5 heteroatoms. The van der Waals surface area contributed by atoms with Gasteiger partial charge >= 0.3 is 0 Å². The number of nitrogens with zero attached hydrogens (tertiary/aromatic N) is 3. The van der Waals surface area contributed by atoms with Gasteiger partial charge in [0.15, 0.2) is 5.82 Å². The summed E-state index contributed by atoms with van der Waals surface area (Å²) in [6, 6.07) is 15.6. The van der Waals surface area contributed by atoms with Crippen LogP contribution in [0.5, 0.6) is 0 Å². The van der Waals surface area contributed by atoms with Crippen LogP contribution < -0.4 is 5.56 Å². The Kier molecular flexibility index (Phi) is 2.41. The van der Waals surface area contributed by atoms with Crippen molar-refractivity contribution in [1.29, 1.82) is 0 Å². The molecule has 21 heavy (non-hydrogen) atoms. The Bertz CT molecular complexity index is 1010. The van der Waals surface area contributed by atoms with E-state index in [1.165, 1.54) is 5.56 Å². The first-order chi connectivity index (χ1) is 10.2. The van der Waals surface area contributed by atoms with Crippen LogP contribution in [-0.4, -0.2) is 19.6 Å². The fraction of sp³-hybridized carbons (Fsp3) is 0.0625. The molecular weight excluding hydrogens is 264 g/mol. The van der Waals surface area contributed by atoms with Crippen molar-refractivity contribution in [3.05, 3.63) is 64.4 Å². The molecule has 4 aromatic rings. The van der Waals surface area contributed by atoms with Gasteiger partial charge in [-0.05, 0) is 19.1 Å². The summed E-state index contributed by atoms with van der Waals surface area (Å²) in [7, 11) is 0. The summed E-state index contributed by atoms with van der Waals surface area (Å²) in [6.45, 7) is 2.03. The molecule has 0 aliphatic rings. The fourth-order valence-corrected chi connectivity index (χ4v) is 2.50. The molecule has 0 bridgehead atoms. The molecule has 0 atom stereocenters. The molecule has 0 saturated carbocycles. The lowest BCUT2D eigenvalue weighted by atomic mass is 10.1. The van der Waals surface area contributed by atoms with Crippen LogP contribution in [0.4, 0.5) is 0 Å². The number of nitrogens with one attached hydrogen (secondary N) is 1. The maximum absolute atomic E-state index is 12.1. The topological polar surface area (TPSA) is 63.0 Å². The summed E-state index contributed by atoms with van der Waals surface area (Å²) < 4.78 is 1.80. The number of hydrogen-bond donors (Lipinski definition) is 1. The zero-order valence-electron chi connectivity index (χ0n) is 11.4. The third-order valence-corrected chi connectivity index (χ3v) is 3.57. The number of aromatic nitrogens is 4. The SMILES string of the molecule is Cc1ccc(-c2nnc3c(=O)[nH]c4ccccc4n23)cc1. The molecular formula is C16H12N4O. The molecule has 1 N–H and O–H groups in total. The minimum atomic E-state index is -0.237. The van der Waals surface area contributed by atoms with Gasteiger partial charge in [0.25, 0.3) is 5.56 Å². The van der Waals surface area contributed by atoms with E-state index >= 15 is 0 Å². The molecule has 2 heterocycles. The Morgan fingerprint density at radius 1 is 1.00 bits per heavy atom. The van der Waals surface area contributed by atoms with Crippen LogP contribution in [-0.2, 0) is 0 Å². The largest absolute Gasteiger partial charge is 0.317 e. The first-order valence-corrected chi connectivity index (χ1v) is 6.67. The summed E-state index contributed by atoms with van der Waals surface area (Å²) >= 11 is 0. The van der Waals surface area contributed by atoms with Crippen LogP contribution in [0.25, 0.3) is 28.1 Å². The summed E-state index contributed by atoms with van der Waals surface area (Å²) in [6.07, 6.45) is 0. The van der Waals surface area contributed by atoms with E-state index in [2.05, 4.69) is 15.2 Å². The van der Waals surface area contributed by atoms with Crippen molar-refractivity contribution in [2.45, 2.75) is 6.92 Å². The molecule has 5 nitrogen and oxygen atoms in total. The van der Waals surface area contributed by atoms with Crippen molar-refractivity contribution in [3.63, 3.8) is 0 Å². The van der Waals surface area contributed by atoms with Crippen LogP contribution in [0.3, 0.4) is 0 Å². The molecule has 102 valence electrons. The van der Waals surface area contributed by atoms with E-state index in [9.17, 15) is 4.79 Å². The van der Waals surface area contributed by atoms with Gasteiger partial charge in [0.2, 0.25) is 5.65 Å². The van der Waals surface area contributed by atoms with Crippen molar-refractivity contribution in [2.75, 3.05) is 0 Å². The Morgan fingerprint density at radius 2 is 1.76 bits per heavy atom. The van der Waals surface area contributed by atoms with Crippen molar-refractivity contribution >= 4 is 16.7 Å². The van der Waals surface area contributed by atoms with Gasteiger partial charge in [0, 0.05) is 5.56 Å². The van der Waals surface area contributed by atoms with E-state index in [0.29, 0.717) is 11.5 Å². The van der Waals surface area contributed by atoms with E-state index in [1.807, 2.05) is 55.5 Å². The third-order valence-electron chi connectivity index (χ3n) is 3.57. The number of hydrogen-bond acceptors (Lipinski definition) is 3. The van der Waals surface area contributed by atoms with Gasteiger partial charge in [0.05, 0.1) is 11.0 Å². The highest BCUT2D eigenvalue weighted by atomic mass is 16.1. The number of aromatic amines is 1. The first kappa shape index (κ1) is 11.8. The number of benzene rings is 2. The van der Waals surface area contributed by atoms with Gasteiger partial charge in [-0.3, -0.25) is 9.20 Å². The van der Waals surface area contributed by atoms with Crippen LogP contribution in [0.15, 0.2) is 53.3 Å². The van der Waals surface area contributed by atoms with E-state index in [0.717, 1.165) is 16.6 Å². The van der Waals surface area contributed by atoms with E-state index in [-0.39, 0.29) is 5.56 Å². The second-order valence-corrected chi connectivity index (χ2v) is 5.02. The van der Waals surface area contributed by atoms with Gasteiger partial charge in [-0.15, -0.1) is 10.2 Å². The van der Waals surface area contributed by atoms with Crippen LogP contribution in [0.1, 0.15) is 5.56 Å². The monoisotopic (exact) mass is 276 g/mol. The maximum Gasteiger partial charge on any atom is 0.294 e. The highest BCUT2D eigenvalue weighted by Crippen LogP contribution is 2.21. The summed E-state index contributed by atoms with van der Waals surface area (Å²) in [4.78, 5) is 14.9. The second kappa shape index (κ2) is 4.28. The Balaban J connectivity index is 2.15. The summed E-state index contributed by atoms with van der Waals surface area (Å²) in [5, 5.41) is 8.24. The Labute approximate surface area is 119 Å². The second-order valence-electron chi connectivity index (χ2n) is 5.02. The minimum absolute atomic E-state index is 0.237. The molecule has 4 rings (SSSR count). The average molecular weight is 276 g/mol. The van der Waals surface area contributed by atoms with Crippen molar-refractivity contribution in [3.8, 4) is 11.4 Å². The Hall–Kier alpha value is -2.95. The number of fused-ring (bicyclic) bond motifs is 3. The smallest absolute Gasteiger partial charge is 0.294 e. The molecule has 0 fully saturated rings. The van der Waals surface area contributed by atoms with E-state index < -0.39 is 0 Å². The highest BCUT2D eigenvalue weighted by molar-refractivity contribution is 5.79.